The first-order chi connectivity index (χ1) is 11.5. The molecular weight excluding hydrogens is 304 g/mol. The maximum Gasteiger partial charge on any atom is 0.265 e. The van der Waals surface area contributed by atoms with Gasteiger partial charge in [0.05, 0.1) is 0 Å². The summed E-state index contributed by atoms with van der Waals surface area (Å²) in [5, 5.41) is 2.84. The molecule has 0 aromatic heterocycles. The van der Waals surface area contributed by atoms with Crippen LogP contribution in [0.15, 0.2) is 54.6 Å². The third-order valence-electron chi connectivity index (χ3n) is 3.68. The first-order valence-electron chi connectivity index (χ1n) is 7.88. The molecule has 0 radical (unpaired) electrons. The molecule has 0 saturated carbocycles. The van der Waals surface area contributed by atoms with Gasteiger partial charge in [0.1, 0.15) is 5.75 Å². The van der Waals surface area contributed by atoms with Crippen LogP contribution in [-0.2, 0) is 9.59 Å². The molecule has 1 N–H and O–H groups in total. The van der Waals surface area contributed by atoms with Crippen molar-refractivity contribution in [2.75, 3.05) is 17.3 Å². The Balaban J connectivity index is 2.01. The number of rotatable bonds is 6. The summed E-state index contributed by atoms with van der Waals surface area (Å²) in [6.45, 7) is 3.40. The molecule has 0 aliphatic rings. The van der Waals surface area contributed by atoms with E-state index in [0.29, 0.717) is 17.9 Å². The minimum atomic E-state index is -0.563. The van der Waals surface area contributed by atoms with Gasteiger partial charge in [-0.1, -0.05) is 25.1 Å². The molecule has 24 heavy (non-hydrogen) atoms. The van der Waals surface area contributed by atoms with Crippen LogP contribution in [0.25, 0.3) is 0 Å². The maximum atomic E-state index is 12.4. The second kappa shape index (κ2) is 8.15. The van der Waals surface area contributed by atoms with Crippen LogP contribution < -0.4 is 15.0 Å². The standard InChI is InChI=1S/C19H22N2O3/c1-4-18(24-17-8-6-5-7-9-17)19(23)20-15-10-12-16(13-11-15)21(3)14(2)22/h5-13,18H,4H2,1-3H3,(H,20,23)/t18-/m1/s1. The predicted molar refractivity (Wildman–Crippen MR) is 95.3 cm³/mol. The zero-order valence-corrected chi connectivity index (χ0v) is 14.2. The molecule has 0 heterocycles. The van der Waals surface area contributed by atoms with Gasteiger partial charge in [-0.2, -0.15) is 0 Å². The lowest BCUT2D eigenvalue weighted by molar-refractivity contribution is -0.122. The van der Waals surface area contributed by atoms with Crippen LogP contribution in [0, 0.1) is 0 Å². The van der Waals surface area contributed by atoms with E-state index >= 15 is 0 Å². The van der Waals surface area contributed by atoms with Gasteiger partial charge in [-0.15, -0.1) is 0 Å². The van der Waals surface area contributed by atoms with Gasteiger partial charge in [0, 0.05) is 25.3 Å². The molecule has 2 aromatic rings. The van der Waals surface area contributed by atoms with E-state index in [1.54, 1.807) is 36.2 Å². The fraction of sp³-hybridized carbons (Fsp3) is 0.263. The third-order valence-corrected chi connectivity index (χ3v) is 3.68. The average Bonchev–Trinajstić information content (AvgIpc) is 2.60. The van der Waals surface area contributed by atoms with Crippen molar-refractivity contribution < 1.29 is 14.3 Å². The van der Waals surface area contributed by atoms with E-state index in [-0.39, 0.29) is 11.8 Å². The number of benzene rings is 2. The van der Waals surface area contributed by atoms with Gasteiger partial charge in [0.25, 0.3) is 5.91 Å². The van der Waals surface area contributed by atoms with Crippen molar-refractivity contribution in [2.45, 2.75) is 26.4 Å². The van der Waals surface area contributed by atoms with Crippen molar-refractivity contribution in [2.24, 2.45) is 0 Å². The van der Waals surface area contributed by atoms with E-state index in [1.807, 2.05) is 37.3 Å². The van der Waals surface area contributed by atoms with E-state index in [9.17, 15) is 9.59 Å². The number of nitrogens with zero attached hydrogens (tertiary/aromatic N) is 1. The second-order valence-electron chi connectivity index (χ2n) is 5.44. The first-order valence-corrected chi connectivity index (χ1v) is 7.88. The van der Waals surface area contributed by atoms with E-state index in [1.165, 1.54) is 6.92 Å². The van der Waals surface area contributed by atoms with Gasteiger partial charge in [0.2, 0.25) is 5.91 Å². The lowest BCUT2D eigenvalue weighted by Crippen LogP contribution is -2.32. The Morgan fingerprint density at radius 2 is 1.71 bits per heavy atom. The molecule has 2 rings (SSSR count). The predicted octanol–water partition coefficient (Wildman–Crippen LogP) is 3.47. The molecule has 0 fully saturated rings. The van der Waals surface area contributed by atoms with Crippen molar-refractivity contribution in [1.29, 1.82) is 0 Å². The minimum absolute atomic E-state index is 0.0471. The largest absolute Gasteiger partial charge is 0.481 e. The SMILES string of the molecule is CC[C@@H](Oc1ccccc1)C(=O)Nc1ccc(N(C)C(C)=O)cc1. The van der Waals surface area contributed by atoms with Gasteiger partial charge in [-0.3, -0.25) is 9.59 Å². The molecular formula is C19H22N2O3. The Morgan fingerprint density at radius 1 is 1.08 bits per heavy atom. The molecule has 0 unspecified atom stereocenters. The number of carbonyl (C=O) groups excluding carboxylic acids is 2. The van der Waals surface area contributed by atoms with Crippen LogP contribution in [0.5, 0.6) is 5.75 Å². The van der Waals surface area contributed by atoms with E-state index < -0.39 is 6.10 Å². The van der Waals surface area contributed by atoms with Crippen molar-refractivity contribution in [3.8, 4) is 5.75 Å². The van der Waals surface area contributed by atoms with Gasteiger partial charge in [-0.05, 0) is 42.8 Å². The lowest BCUT2D eigenvalue weighted by atomic mass is 10.2. The van der Waals surface area contributed by atoms with E-state index in [0.717, 1.165) is 5.69 Å². The van der Waals surface area contributed by atoms with E-state index in [2.05, 4.69) is 5.32 Å². The summed E-state index contributed by atoms with van der Waals surface area (Å²) >= 11 is 0. The van der Waals surface area contributed by atoms with Crippen molar-refractivity contribution in [3.63, 3.8) is 0 Å². The highest BCUT2D eigenvalue weighted by Gasteiger charge is 2.18. The monoisotopic (exact) mass is 326 g/mol. The topological polar surface area (TPSA) is 58.6 Å². The van der Waals surface area contributed by atoms with Crippen molar-refractivity contribution in [3.05, 3.63) is 54.6 Å². The zero-order chi connectivity index (χ0) is 17.5. The van der Waals surface area contributed by atoms with Gasteiger partial charge >= 0.3 is 0 Å². The Labute approximate surface area is 142 Å². The number of nitrogens with one attached hydrogen (secondary N) is 1. The Morgan fingerprint density at radius 3 is 2.25 bits per heavy atom. The Hall–Kier alpha value is -2.82. The van der Waals surface area contributed by atoms with Gasteiger partial charge < -0.3 is 15.0 Å². The summed E-state index contributed by atoms with van der Waals surface area (Å²) in [6.07, 6.45) is -0.00160. The van der Waals surface area contributed by atoms with Crippen molar-refractivity contribution >= 4 is 23.2 Å². The number of hydrogen-bond acceptors (Lipinski definition) is 3. The molecule has 0 spiro atoms. The Kier molecular flexibility index (Phi) is 5.95. The molecule has 1 atom stereocenters. The normalized spacial score (nSPS) is 11.5. The van der Waals surface area contributed by atoms with Crippen LogP contribution in [0.2, 0.25) is 0 Å². The molecule has 0 saturated heterocycles. The fourth-order valence-corrected chi connectivity index (χ4v) is 2.16. The van der Waals surface area contributed by atoms with Gasteiger partial charge in [-0.25, -0.2) is 0 Å². The average molecular weight is 326 g/mol. The number of para-hydroxylation sites is 1. The fourth-order valence-electron chi connectivity index (χ4n) is 2.16. The van der Waals surface area contributed by atoms with Crippen LogP contribution >= 0.6 is 0 Å². The summed E-state index contributed by atoms with van der Waals surface area (Å²) < 4.78 is 5.73. The maximum absolute atomic E-state index is 12.4. The molecule has 0 aliphatic carbocycles. The smallest absolute Gasteiger partial charge is 0.265 e. The highest BCUT2D eigenvalue weighted by atomic mass is 16.5. The van der Waals surface area contributed by atoms with Crippen molar-refractivity contribution in [1.82, 2.24) is 0 Å². The number of amides is 2. The molecule has 5 nitrogen and oxygen atoms in total. The summed E-state index contributed by atoms with van der Waals surface area (Å²) in [6, 6.07) is 16.4. The van der Waals surface area contributed by atoms with Crippen LogP contribution in [0.3, 0.4) is 0 Å². The summed E-state index contributed by atoms with van der Waals surface area (Å²) in [5.41, 5.74) is 1.43. The highest BCUT2D eigenvalue weighted by molar-refractivity contribution is 5.95. The number of carbonyl (C=O) groups is 2. The molecule has 2 aromatic carbocycles. The van der Waals surface area contributed by atoms with Crippen LogP contribution in [0.4, 0.5) is 11.4 Å². The zero-order valence-electron chi connectivity index (χ0n) is 14.2. The summed E-state index contributed by atoms with van der Waals surface area (Å²) in [7, 11) is 1.71. The molecule has 0 aliphatic heterocycles. The minimum Gasteiger partial charge on any atom is -0.481 e. The highest BCUT2D eigenvalue weighted by Crippen LogP contribution is 2.18. The quantitative estimate of drug-likeness (QED) is 0.884. The number of anilines is 2. The second-order valence-corrected chi connectivity index (χ2v) is 5.44. The molecule has 2 amide bonds. The summed E-state index contributed by atoms with van der Waals surface area (Å²) in [4.78, 5) is 25.3. The van der Waals surface area contributed by atoms with Crippen LogP contribution in [0.1, 0.15) is 20.3 Å². The molecule has 5 heteroatoms. The Bertz CT molecular complexity index is 684. The van der Waals surface area contributed by atoms with Gasteiger partial charge in [0.15, 0.2) is 6.10 Å². The van der Waals surface area contributed by atoms with Crippen LogP contribution in [-0.4, -0.2) is 25.0 Å². The third kappa shape index (κ3) is 4.59. The summed E-state index contributed by atoms with van der Waals surface area (Å²) in [5.74, 6) is 0.418. The number of ether oxygens (including phenoxy) is 1. The molecule has 126 valence electrons. The number of hydrogen-bond donors (Lipinski definition) is 1. The first kappa shape index (κ1) is 17.5. The van der Waals surface area contributed by atoms with E-state index in [4.69, 9.17) is 4.74 Å². The lowest BCUT2D eigenvalue weighted by Gasteiger charge is -2.18. The molecule has 0 bridgehead atoms.